The highest BCUT2D eigenvalue weighted by Gasteiger charge is 2.21. The monoisotopic (exact) mass is 237 g/mol. The molecule has 2 rings (SSSR count). The highest BCUT2D eigenvalue weighted by Crippen LogP contribution is 2.23. The third kappa shape index (κ3) is 3.22. The second-order valence-corrected chi connectivity index (χ2v) is 5.17. The molecule has 1 heterocycles. The first-order valence-corrected chi connectivity index (χ1v) is 6.52. The van der Waals surface area contributed by atoms with Crippen LogP contribution < -0.4 is 5.32 Å². The van der Waals surface area contributed by atoms with Crippen molar-refractivity contribution in [2.75, 3.05) is 12.4 Å². The van der Waals surface area contributed by atoms with Gasteiger partial charge in [0, 0.05) is 25.4 Å². The van der Waals surface area contributed by atoms with E-state index in [-0.39, 0.29) is 0 Å². The van der Waals surface area contributed by atoms with Gasteiger partial charge in [0.2, 0.25) is 0 Å². The summed E-state index contributed by atoms with van der Waals surface area (Å²) in [5.74, 6) is 0. The molecule has 4 nitrogen and oxygen atoms in total. The lowest BCUT2D eigenvalue weighted by atomic mass is 9.93. The molecule has 1 saturated carbocycles. The average molecular weight is 237 g/mol. The van der Waals surface area contributed by atoms with Crippen molar-refractivity contribution in [3.63, 3.8) is 0 Å². The number of nitrogens with one attached hydrogen (secondary N) is 1. The van der Waals surface area contributed by atoms with Crippen LogP contribution in [0.4, 0.5) is 5.69 Å². The van der Waals surface area contributed by atoms with Crippen LogP contribution in [0.1, 0.15) is 45.6 Å². The van der Waals surface area contributed by atoms with Crippen molar-refractivity contribution < 1.29 is 4.74 Å². The Morgan fingerprint density at radius 1 is 1.47 bits per heavy atom. The number of nitrogens with zero attached hydrogens (tertiary/aromatic N) is 2. The van der Waals surface area contributed by atoms with Gasteiger partial charge in [-0.15, -0.1) is 0 Å². The van der Waals surface area contributed by atoms with E-state index in [1.807, 2.05) is 18.0 Å². The van der Waals surface area contributed by atoms with Crippen LogP contribution in [0.5, 0.6) is 0 Å². The van der Waals surface area contributed by atoms with Gasteiger partial charge in [0.05, 0.1) is 18.0 Å². The molecule has 1 aliphatic carbocycles. The summed E-state index contributed by atoms with van der Waals surface area (Å²) in [6.07, 6.45) is 9.18. The molecule has 0 aliphatic heterocycles. The third-order valence-electron chi connectivity index (χ3n) is 3.46. The standard InChI is InChI=1S/C13H23N3O/c1-10(2)16-9-12(8-14-16)15-11-5-4-6-13(7-11)17-3/h8-11,13,15H,4-7H2,1-3H3. The van der Waals surface area contributed by atoms with Crippen LogP contribution >= 0.6 is 0 Å². The van der Waals surface area contributed by atoms with Crippen LogP contribution in [0.3, 0.4) is 0 Å². The minimum absolute atomic E-state index is 0.418. The Morgan fingerprint density at radius 3 is 2.94 bits per heavy atom. The highest BCUT2D eigenvalue weighted by atomic mass is 16.5. The molecule has 0 amide bonds. The number of hydrogen-bond acceptors (Lipinski definition) is 3. The maximum Gasteiger partial charge on any atom is 0.0728 e. The van der Waals surface area contributed by atoms with Crippen LogP contribution in [0.25, 0.3) is 0 Å². The molecule has 4 heteroatoms. The Labute approximate surface area is 103 Å². The normalized spacial score (nSPS) is 25.2. The van der Waals surface area contributed by atoms with E-state index >= 15 is 0 Å². The fourth-order valence-electron chi connectivity index (χ4n) is 2.42. The fourth-order valence-corrected chi connectivity index (χ4v) is 2.42. The Morgan fingerprint density at radius 2 is 2.29 bits per heavy atom. The van der Waals surface area contributed by atoms with E-state index in [0.29, 0.717) is 18.2 Å². The average Bonchev–Trinajstić information content (AvgIpc) is 2.78. The molecule has 0 saturated heterocycles. The van der Waals surface area contributed by atoms with Gasteiger partial charge in [-0.1, -0.05) is 0 Å². The Kier molecular flexibility index (Phi) is 4.05. The molecule has 0 radical (unpaired) electrons. The van der Waals surface area contributed by atoms with Gasteiger partial charge in [0.15, 0.2) is 0 Å². The van der Waals surface area contributed by atoms with Gasteiger partial charge in [-0.2, -0.15) is 5.10 Å². The summed E-state index contributed by atoms with van der Waals surface area (Å²) in [7, 11) is 1.81. The Hall–Kier alpha value is -1.03. The summed E-state index contributed by atoms with van der Waals surface area (Å²) in [5.41, 5.74) is 1.13. The van der Waals surface area contributed by atoms with Gasteiger partial charge in [0.1, 0.15) is 0 Å². The van der Waals surface area contributed by atoms with Gasteiger partial charge in [-0.25, -0.2) is 0 Å². The summed E-state index contributed by atoms with van der Waals surface area (Å²) in [5, 5.41) is 7.90. The molecule has 0 bridgehead atoms. The highest BCUT2D eigenvalue weighted by molar-refractivity contribution is 5.39. The van der Waals surface area contributed by atoms with Crippen LogP contribution in [-0.2, 0) is 4.74 Å². The van der Waals surface area contributed by atoms with E-state index in [4.69, 9.17) is 4.74 Å². The molecule has 17 heavy (non-hydrogen) atoms. The molecule has 1 aromatic rings. The van der Waals surface area contributed by atoms with Crippen LogP contribution in [0, 0.1) is 0 Å². The van der Waals surface area contributed by atoms with E-state index < -0.39 is 0 Å². The van der Waals surface area contributed by atoms with Crippen LogP contribution in [0.15, 0.2) is 12.4 Å². The molecule has 1 aromatic heterocycles. The Bertz CT molecular complexity index is 348. The molecule has 0 spiro atoms. The number of hydrogen-bond donors (Lipinski definition) is 1. The van der Waals surface area contributed by atoms with Crippen molar-refractivity contribution >= 4 is 5.69 Å². The SMILES string of the molecule is COC1CCCC(Nc2cnn(C(C)C)c2)C1. The number of rotatable bonds is 4. The summed E-state index contributed by atoms with van der Waals surface area (Å²) < 4.78 is 7.43. The third-order valence-corrected chi connectivity index (χ3v) is 3.46. The zero-order chi connectivity index (χ0) is 12.3. The Balaban J connectivity index is 1.91. The summed E-state index contributed by atoms with van der Waals surface area (Å²) in [6, 6.07) is 0.946. The van der Waals surface area contributed by atoms with E-state index in [9.17, 15) is 0 Å². The lowest BCUT2D eigenvalue weighted by Crippen LogP contribution is -2.30. The maximum absolute atomic E-state index is 5.44. The molecule has 0 aromatic carbocycles. The summed E-state index contributed by atoms with van der Waals surface area (Å²) in [6.45, 7) is 4.27. The lowest BCUT2D eigenvalue weighted by molar-refractivity contribution is 0.0669. The van der Waals surface area contributed by atoms with Gasteiger partial charge in [-0.3, -0.25) is 4.68 Å². The predicted octanol–water partition coefficient (Wildman–Crippen LogP) is 2.83. The molecule has 1 aliphatic rings. The summed E-state index contributed by atoms with van der Waals surface area (Å²) >= 11 is 0. The number of methoxy groups -OCH3 is 1. The van der Waals surface area contributed by atoms with E-state index in [1.165, 1.54) is 19.3 Å². The quantitative estimate of drug-likeness (QED) is 0.875. The zero-order valence-electron chi connectivity index (χ0n) is 11.0. The van der Waals surface area contributed by atoms with Crippen molar-refractivity contribution in [3.05, 3.63) is 12.4 Å². The summed E-state index contributed by atoms with van der Waals surface area (Å²) in [4.78, 5) is 0. The second-order valence-electron chi connectivity index (χ2n) is 5.17. The number of anilines is 1. The zero-order valence-corrected chi connectivity index (χ0v) is 11.0. The van der Waals surface area contributed by atoms with Gasteiger partial charge < -0.3 is 10.1 Å². The first-order valence-electron chi connectivity index (χ1n) is 6.52. The second kappa shape index (κ2) is 5.54. The minimum atomic E-state index is 0.418. The molecule has 1 fully saturated rings. The molecular weight excluding hydrogens is 214 g/mol. The number of ether oxygens (including phenoxy) is 1. The first kappa shape index (κ1) is 12.4. The van der Waals surface area contributed by atoms with Gasteiger partial charge in [0.25, 0.3) is 0 Å². The molecule has 2 atom stereocenters. The first-order chi connectivity index (χ1) is 8.19. The molecular formula is C13H23N3O. The molecule has 96 valence electrons. The van der Waals surface area contributed by atoms with Crippen molar-refractivity contribution in [1.82, 2.24) is 9.78 Å². The van der Waals surface area contributed by atoms with Crippen molar-refractivity contribution in [2.24, 2.45) is 0 Å². The minimum Gasteiger partial charge on any atom is -0.381 e. The van der Waals surface area contributed by atoms with Crippen molar-refractivity contribution in [1.29, 1.82) is 0 Å². The van der Waals surface area contributed by atoms with E-state index in [1.54, 1.807) is 0 Å². The fraction of sp³-hybridized carbons (Fsp3) is 0.769. The largest absolute Gasteiger partial charge is 0.381 e. The van der Waals surface area contributed by atoms with Crippen LogP contribution in [-0.4, -0.2) is 29.0 Å². The van der Waals surface area contributed by atoms with Crippen molar-refractivity contribution in [2.45, 2.75) is 57.7 Å². The smallest absolute Gasteiger partial charge is 0.0728 e. The van der Waals surface area contributed by atoms with E-state index in [0.717, 1.165) is 12.1 Å². The van der Waals surface area contributed by atoms with Crippen molar-refractivity contribution in [3.8, 4) is 0 Å². The van der Waals surface area contributed by atoms with Gasteiger partial charge in [-0.05, 0) is 39.5 Å². The number of aromatic nitrogens is 2. The lowest BCUT2D eigenvalue weighted by Gasteiger charge is -2.29. The predicted molar refractivity (Wildman–Crippen MR) is 69.3 cm³/mol. The maximum atomic E-state index is 5.44. The van der Waals surface area contributed by atoms with Gasteiger partial charge >= 0.3 is 0 Å². The molecule has 2 unspecified atom stereocenters. The van der Waals surface area contributed by atoms with E-state index in [2.05, 4.69) is 30.5 Å². The van der Waals surface area contributed by atoms with Crippen LogP contribution in [0.2, 0.25) is 0 Å². The molecule has 1 N–H and O–H groups in total. The topological polar surface area (TPSA) is 39.1 Å².